The molecule has 1 saturated heterocycles. The third kappa shape index (κ3) is 3.62. The number of anilines is 1. The molecule has 2 N–H and O–H groups in total. The van der Waals surface area contributed by atoms with Crippen LogP contribution in [-0.4, -0.2) is 21.8 Å². The number of aryl methyl sites for hydroxylation is 4. The van der Waals surface area contributed by atoms with E-state index >= 15 is 0 Å². The number of rotatable bonds is 3. The van der Waals surface area contributed by atoms with Gasteiger partial charge >= 0.3 is 0 Å². The molecule has 1 aliphatic rings. The van der Waals surface area contributed by atoms with Gasteiger partial charge in [-0.2, -0.15) is 0 Å². The number of para-hydroxylation sites is 1. The Balaban J connectivity index is 1.84. The zero-order chi connectivity index (χ0) is 25.0. The average Bonchev–Trinajstić information content (AvgIpc) is 3.27. The van der Waals surface area contributed by atoms with E-state index in [2.05, 4.69) is 4.98 Å². The number of fused-ring (bicyclic) bond motifs is 1. The van der Waals surface area contributed by atoms with Crippen molar-refractivity contribution < 1.29 is 19.1 Å². The van der Waals surface area contributed by atoms with Gasteiger partial charge in [0.25, 0.3) is 11.7 Å². The molecule has 1 fully saturated rings. The summed E-state index contributed by atoms with van der Waals surface area (Å²) in [7, 11) is 0. The number of nitrogens with zero attached hydrogens (tertiary/aromatic N) is 1. The van der Waals surface area contributed by atoms with Crippen LogP contribution in [0.15, 0.2) is 66.2 Å². The molecule has 1 unspecified atom stereocenters. The SMILES string of the molecule is Cc1cc(C)cc(N2C(=O)C(=O)/C(=C(/O)c3ccc(F)c(C)c3)C2c2c(C)[nH]c3ccccc23)c1. The third-order valence-corrected chi connectivity index (χ3v) is 6.58. The maximum atomic E-state index is 13.9. The predicted octanol–water partition coefficient (Wildman–Crippen LogP) is 6.17. The molecule has 0 radical (unpaired) electrons. The highest BCUT2D eigenvalue weighted by Gasteiger charge is 2.48. The highest BCUT2D eigenvalue weighted by Crippen LogP contribution is 2.45. The van der Waals surface area contributed by atoms with Gasteiger partial charge in [0.1, 0.15) is 11.6 Å². The van der Waals surface area contributed by atoms with Crippen LogP contribution in [0.5, 0.6) is 0 Å². The van der Waals surface area contributed by atoms with E-state index in [0.717, 1.165) is 33.3 Å². The molecular weight excluding hydrogens is 443 g/mol. The molecule has 35 heavy (non-hydrogen) atoms. The zero-order valence-electron chi connectivity index (χ0n) is 19.9. The molecule has 1 aromatic heterocycles. The summed E-state index contributed by atoms with van der Waals surface area (Å²) in [6, 6.07) is 16.6. The van der Waals surface area contributed by atoms with E-state index in [9.17, 15) is 19.1 Å². The maximum absolute atomic E-state index is 13.9. The van der Waals surface area contributed by atoms with Gasteiger partial charge in [0.15, 0.2) is 0 Å². The molecule has 5 nitrogen and oxygen atoms in total. The second-order valence-corrected chi connectivity index (χ2v) is 9.19. The van der Waals surface area contributed by atoms with E-state index in [1.807, 2.05) is 63.2 Å². The lowest BCUT2D eigenvalue weighted by atomic mass is 9.92. The van der Waals surface area contributed by atoms with Crippen LogP contribution in [0, 0.1) is 33.5 Å². The van der Waals surface area contributed by atoms with Gasteiger partial charge in [-0.25, -0.2) is 4.39 Å². The summed E-state index contributed by atoms with van der Waals surface area (Å²) in [6.07, 6.45) is 0. The van der Waals surface area contributed by atoms with Gasteiger partial charge in [-0.05, 0) is 80.8 Å². The summed E-state index contributed by atoms with van der Waals surface area (Å²) >= 11 is 0. The largest absolute Gasteiger partial charge is 0.507 e. The highest BCUT2D eigenvalue weighted by atomic mass is 19.1. The van der Waals surface area contributed by atoms with Crippen molar-refractivity contribution in [2.75, 3.05) is 4.90 Å². The molecule has 6 heteroatoms. The van der Waals surface area contributed by atoms with Crippen molar-refractivity contribution in [1.82, 2.24) is 4.98 Å². The molecule has 3 aromatic carbocycles. The number of Topliss-reactive ketones (excluding diaryl/α,β-unsaturated/α-hetero) is 1. The summed E-state index contributed by atoms with van der Waals surface area (Å²) in [4.78, 5) is 31.8. The van der Waals surface area contributed by atoms with E-state index in [1.165, 1.54) is 23.1 Å². The fraction of sp³-hybridized carbons (Fsp3) is 0.172. The summed E-state index contributed by atoms with van der Waals surface area (Å²) in [6.45, 7) is 7.33. The van der Waals surface area contributed by atoms with Crippen LogP contribution >= 0.6 is 0 Å². The average molecular weight is 469 g/mol. The van der Waals surface area contributed by atoms with Crippen LogP contribution in [0.3, 0.4) is 0 Å². The number of benzene rings is 3. The van der Waals surface area contributed by atoms with Gasteiger partial charge in [-0.1, -0.05) is 24.3 Å². The molecule has 2 heterocycles. The first-order valence-electron chi connectivity index (χ1n) is 11.4. The predicted molar refractivity (Wildman–Crippen MR) is 135 cm³/mol. The summed E-state index contributed by atoms with van der Waals surface area (Å²) in [5.74, 6) is -2.24. The molecule has 1 atom stereocenters. The number of hydrogen-bond acceptors (Lipinski definition) is 3. The Morgan fingerprint density at radius 3 is 2.31 bits per heavy atom. The minimum absolute atomic E-state index is 0.0204. The third-order valence-electron chi connectivity index (χ3n) is 6.58. The van der Waals surface area contributed by atoms with Crippen LogP contribution in [0.4, 0.5) is 10.1 Å². The number of carbonyl (C=O) groups excluding carboxylic acids is 2. The minimum atomic E-state index is -0.863. The summed E-state index contributed by atoms with van der Waals surface area (Å²) < 4.78 is 13.9. The first-order chi connectivity index (χ1) is 16.7. The fourth-order valence-electron chi connectivity index (χ4n) is 5.06. The summed E-state index contributed by atoms with van der Waals surface area (Å²) in [5.41, 5.74) is 5.46. The van der Waals surface area contributed by atoms with Crippen molar-refractivity contribution in [2.45, 2.75) is 33.7 Å². The smallest absolute Gasteiger partial charge is 0.300 e. The number of aliphatic hydroxyl groups is 1. The van der Waals surface area contributed by atoms with E-state index in [-0.39, 0.29) is 16.9 Å². The quantitative estimate of drug-likeness (QED) is 0.215. The molecule has 176 valence electrons. The van der Waals surface area contributed by atoms with Crippen LogP contribution in [0.25, 0.3) is 16.7 Å². The van der Waals surface area contributed by atoms with Gasteiger partial charge in [0.2, 0.25) is 0 Å². The van der Waals surface area contributed by atoms with Crippen LogP contribution in [-0.2, 0) is 9.59 Å². The molecule has 0 saturated carbocycles. The Morgan fingerprint density at radius 2 is 1.63 bits per heavy atom. The number of nitrogens with one attached hydrogen (secondary N) is 1. The number of H-pyrrole nitrogens is 1. The minimum Gasteiger partial charge on any atom is -0.507 e. The zero-order valence-corrected chi connectivity index (χ0v) is 19.9. The Labute approximate surface area is 202 Å². The Kier molecular flexibility index (Phi) is 5.32. The van der Waals surface area contributed by atoms with Crippen molar-refractivity contribution >= 4 is 34.0 Å². The number of halogens is 1. The molecule has 1 aliphatic heterocycles. The van der Waals surface area contributed by atoms with E-state index in [0.29, 0.717) is 11.3 Å². The highest BCUT2D eigenvalue weighted by molar-refractivity contribution is 6.52. The molecule has 0 aliphatic carbocycles. The number of aliphatic hydroxyl groups excluding tert-OH is 1. The monoisotopic (exact) mass is 468 g/mol. The van der Waals surface area contributed by atoms with Gasteiger partial charge in [0.05, 0.1) is 11.6 Å². The lowest BCUT2D eigenvalue weighted by molar-refractivity contribution is -0.132. The first kappa shape index (κ1) is 22.6. The van der Waals surface area contributed by atoms with Crippen LogP contribution < -0.4 is 4.90 Å². The number of aromatic amines is 1. The molecular formula is C29H25FN2O3. The second kappa shape index (κ2) is 8.24. The van der Waals surface area contributed by atoms with Gasteiger partial charge < -0.3 is 10.1 Å². The van der Waals surface area contributed by atoms with Gasteiger partial charge in [-0.15, -0.1) is 0 Å². The van der Waals surface area contributed by atoms with Crippen molar-refractivity contribution in [1.29, 1.82) is 0 Å². The Bertz CT molecular complexity index is 1540. The Hall–Kier alpha value is -4.19. The number of ketones is 1. The molecule has 5 rings (SSSR count). The molecule has 4 aromatic rings. The number of hydrogen-bond donors (Lipinski definition) is 2. The lowest BCUT2D eigenvalue weighted by Gasteiger charge is -2.26. The molecule has 0 bridgehead atoms. The maximum Gasteiger partial charge on any atom is 0.300 e. The molecule has 0 spiro atoms. The van der Waals surface area contributed by atoms with Gasteiger partial charge in [-0.3, -0.25) is 14.5 Å². The molecule has 1 amide bonds. The fourth-order valence-corrected chi connectivity index (χ4v) is 5.06. The van der Waals surface area contributed by atoms with E-state index in [1.54, 1.807) is 6.92 Å². The Morgan fingerprint density at radius 1 is 0.943 bits per heavy atom. The van der Waals surface area contributed by atoms with E-state index in [4.69, 9.17) is 0 Å². The number of amides is 1. The standard InChI is InChI=1S/C29H25FN2O3/c1-15-11-16(2)13-20(12-15)32-26(24-18(4)31-23-8-6-5-7-21(23)24)25(28(34)29(32)35)27(33)19-9-10-22(30)17(3)14-19/h5-14,26,31,33H,1-4H3/b27-25+. The first-order valence-corrected chi connectivity index (χ1v) is 11.4. The van der Waals surface area contributed by atoms with Gasteiger partial charge in [0, 0.05) is 33.4 Å². The lowest BCUT2D eigenvalue weighted by Crippen LogP contribution is -2.29. The van der Waals surface area contributed by atoms with Crippen molar-refractivity contribution in [3.63, 3.8) is 0 Å². The summed E-state index contributed by atoms with van der Waals surface area (Å²) in [5, 5.41) is 12.2. The number of carbonyl (C=O) groups is 2. The second-order valence-electron chi connectivity index (χ2n) is 9.19. The van der Waals surface area contributed by atoms with Crippen LogP contribution in [0.2, 0.25) is 0 Å². The van der Waals surface area contributed by atoms with E-state index < -0.39 is 23.5 Å². The van der Waals surface area contributed by atoms with Crippen molar-refractivity contribution in [3.05, 3.63) is 106 Å². The van der Waals surface area contributed by atoms with Crippen LogP contribution in [0.1, 0.15) is 39.6 Å². The topological polar surface area (TPSA) is 73.4 Å². The normalized spacial score (nSPS) is 17.5. The van der Waals surface area contributed by atoms with Crippen molar-refractivity contribution in [2.24, 2.45) is 0 Å². The van der Waals surface area contributed by atoms with Crippen molar-refractivity contribution in [3.8, 4) is 0 Å². The number of aromatic nitrogens is 1.